The summed E-state index contributed by atoms with van der Waals surface area (Å²) in [6.07, 6.45) is 0.682. The normalized spacial score (nSPS) is 19.0. The van der Waals surface area contributed by atoms with Gasteiger partial charge < -0.3 is 15.9 Å². The van der Waals surface area contributed by atoms with Crippen molar-refractivity contribution in [1.82, 2.24) is 19.9 Å². The first kappa shape index (κ1) is 12.6. The van der Waals surface area contributed by atoms with Crippen LogP contribution >= 0.6 is 0 Å². The van der Waals surface area contributed by atoms with Gasteiger partial charge in [0.2, 0.25) is 11.9 Å². The molecule has 1 saturated heterocycles. The second kappa shape index (κ2) is 4.62. The molecule has 0 spiro atoms. The maximum atomic E-state index is 11.7. The van der Waals surface area contributed by atoms with Crippen molar-refractivity contribution in [2.45, 2.75) is 19.1 Å². The van der Waals surface area contributed by atoms with E-state index in [1.165, 1.54) is 11.1 Å². The van der Waals surface area contributed by atoms with Crippen LogP contribution in [0, 0.1) is 0 Å². The Morgan fingerprint density at radius 3 is 2.85 bits per heavy atom. The van der Waals surface area contributed by atoms with Gasteiger partial charge in [-0.3, -0.25) is 9.69 Å². The number of carbonyl (C=O) groups excluding carboxylic acids is 1. The van der Waals surface area contributed by atoms with Crippen LogP contribution in [0.4, 0.5) is 11.8 Å². The molecule has 1 amide bonds. The minimum atomic E-state index is -0.731. The molecule has 104 valence electrons. The third kappa shape index (κ3) is 2.02. The number of aliphatic hydroxyl groups is 2. The van der Waals surface area contributed by atoms with E-state index in [0.717, 1.165) is 0 Å². The number of fused-ring (bicyclic) bond motifs is 1. The van der Waals surface area contributed by atoms with Crippen LogP contribution in [-0.2, 0) is 11.4 Å². The fraction of sp³-hybridized carbons (Fsp3) is 0.364. The molecule has 4 N–H and O–H groups in total. The molecular formula is C11H12N6O3. The molecule has 0 saturated carbocycles. The van der Waals surface area contributed by atoms with E-state index in [1.54, 1.807) is 0 Å². The number of β-amino-alcohol motifs (C(OH)–C–C–N with tert-alkyl or cyclic N) is 1. The van der Waals surface area contributed by atoms with Crippen molar-refractivity contribution >= 4 is 28.8 Å². The summed E-state index contributed by atoms with van der Waals surface area (Å²) in [5.74, 6) is -0.0965. The Balaban J connectivity index is 2.08. The lowest BCUT2D eigenvalue weighted by atomic mass is 10.3. The Bertz CT molecular complexity index is 691. The summed E-state index contributed by atoms with van der Waals surface area (Å²) < 4.78 is 0. The molecule has 0 bridgehead atoms. The number of hydrogen-bond donors (Lipinski definition) is 3. The van der Waals surface area contributed by atoms with Gasteiger partial charge in [-0.25, -0.2) is 9.97 Å². The average Bonchev–Trinajstić information content (AvgIpc) is 2.77. The molecule has 1 unspecified atom stereocenters. The van der Waals surface area contributed by atoms with Gasteiger partial charge in [0.25, 0.3) is 0 Å². The molecule has 1 fully saturated rings. The van der Waals surface area contributed by atoms with E-state index in [4.69, 9.17) is 10.8 Å². The van der Waals surface area contributed by atoms with Crippen LogP contribution in [0.15, 0.2) is 6.20 Å². The van der Waals surface area contributed by atoms with Gasteiger partial charge in [-0.1, -0.05) is 0 Å². The molecule has 0 aliphatic carbocycles. The number of amides is 1. The maximum Gasteiger partial charge on any atom is 0.236 e. The van der Waals surface area contributed by atoms with Gasteiger partial charge in [-0.05, 0) is 0 Å². The SMILES string of the molecule is Nc1nc(N2CC(O)CC2=O)nc2ncc(CO)nc12. The highest BCUT2D eigenvalue weighted by atomic mass is 16.3. The summed E-state index contributed by atoms with van der Waals surface area (Å²) in [6, 6.07) is 0. The fourth-order valence-corrected chi connectivity index (χ4v) is 2.03. The number of anilines is 2. The molecule has 0 aromatic carbocycles. The smallest absolute Gasteiger partial charge is 0.236 e. The van der Waals surface area contributed by atoms with E-state index in [0.29, 0.717) is 5.69 Å². The highest BCUT2D eigenvalue weighted by Crippen LogP contribution is 2.22. The van der Waals surface area contributed by atoms with E-state index in [-0.39, 0.29) is 48.4 Å². The van der Waals surface area contributed by atoms with Crippen molar-refractivity contribution in [3.8, 4) is 0 Å². The van der Waals surface area contributed by atoms with Gasteiger partial charge in [-0.15, -0.1) is 0 Å². The lowest BCUT2D eigenvalue weighted by Crippen LogP contribution is -2.27. The Morgan fingerprint density at radius 1 is 1.40 bits per heavy atom. The van der Waals surface area contributed by atoms with Crippen LogP contribution in [0.3, 0.4) is 0 Å². The summed E-state index contributed by atoms with van der Waals surface area (Å²) in [5, 5.41) is 18.5. The number of hydrogen-bond acceptors (Lipinski definition) is 8. The van der Waals surface area contributed by atoms with Crippen LogP contribution in [0.2, 0.25) is 0 Å². The molecular weight excluding hydrogens is 264 g/mol. The van der Waals surface area contributed by atoms with Gasteiger partial charge in [-0.2, -0.15) is 9.97 Å². The van der Waals surface area contributed by atoms with Crippen LogP contribution in [0.5, 0.6) is 0 Å². The summed E-state index contributed by atoms with van der Waals surface area (Å²) in [4.78, 5) is 29.2. The number of nitrogens with two attached hydrogens (primary N) is 1. The molecule has 2 aromatic heterocycles. The summed E-state index contributed by atoms with van der Waals surface area (Å²) in [6.45, 7) is -0.132. The number of carbonyl (C=O) groups is 1. The Morgan fingerprint density at radius 2 is 2.20 bits per heavy atom. The van der Waals surface area contributed by atoms with Crippen molar-refractivity contribution in [3.63, 3.8) is 0 Å². The third-order valence-electron chi connectivity index (χ3n) is 2.98. The van der Waals surface area contributed by atoms with Gasteiger partial charge in [0.15, 0.2) is 17.0 Å². The zero-order valence-electron chi connectivity index (χ0n) is 10.4. The summed E-state index contributed by atoms with van der Waals surface area (Å²) in [5.41, 5.74) is 6.65. The van der Waals surface area contributed by atoms with Crippen molar-refractivity contribution in [3.05, 3.63) is 11.9 Å². The summed E-state index contributed by atoms with van der Waals surface area (Å²) >= 11 is 0. The average molecular weight is 276 g/mol. The zero-order chi connectivity index (χ0) is 14.3. The lowest BCUT2D eigenvalue weighted by Gasteiger charge is -2.14. The van der Waals surface area contributed by atoms with Crippen molar-refractivity contribution in [1.29, 1.82) is 0 Å². The van der Waals surface area contributed by atoms with E-state index >= 15 is 0 Å². The predicted octanol–water partition coefficient (Wildman–Crippen LogP) is -1.41. The maximum absolute atomic E-state index is 11.7. The number of aromatic nitrogens is 4. The first-order valence-electron chi connectivity index (χ1n) is 5.97. The van der Waals surface area contributed by atoms with E-state index in [1.807, 2.05) is 0 Å². The molecule has 0 radical (unpaired) electrons. The van der Waals surface area contributed by atoms with Crippen molar-refractivity contribution in [2.24, 2.45) is 0 Å². The number of aliphatic hydroxyl groups excluding tert-OH is 2. The Kier molecular flexibility index (Phi) is 2.92. The molecule has 1 aliphatic heterocycles. The Hall–Kier alpha value is -2.39. The second-order valence-corrected chi connectivity index (χ2v) is 4.46. The molecule has 9 nitrogen and oxygen atoms in total. The van der Waals surface area contributed by atoms with Gasteiger partial charge in [0.1, 0.15) is 0 Å². The van der Waals surface area contributed by atoms with Gasteiger partial charge in [0.05, 0.1) is 37.6 Å². The van der Waals surface area contributed by atoms with Gasteiger partial charge >= 0.3 is 0 Å². The molecule has 1 aliphatic rings. The highest BCUT2D eigenvalue weighted by Gasteiger charge is 2.31. The Labute approximate surface area is 113 Å². The number of rotatable bonds is 2. The fourth-order valence-electron chi connectivity index (χ4n) is 2.03. The van der Waals surface area contributed by atoms with E-state index < -0.39 is 6.10 Å². The molecule has 20 heavy (non-hydrogen) atoms. The third-order valence-corrected chi connectivity index (χ3v) is 2.98. The van der Waals surface area contributed by atoms with Crippen LogP contribution in [0.25, 0.3) is 11.2 Å². The first-order valence-corrected chi connectivity index (χ1v) is 5.97. The van der Waals surface area contributed by atoms with Crippen LogP contribution in [-0.4, -0.2) is 48.7 Å². The zero-order valence-corrected chi connectivity index (χ0v) is 10.4. The number of nitrogens with zero attached hydrogens (tertiary/aromatic N) is 5. The number of nitrogen functional groups attached to an aromatic ring is 1. The standard InChI is InChI=1S/C11H12N6O3/c12-9-8-10(13-2-5(4-18)14-8)16-11(15-9)17-3-6(19)1-7(17)20/h2,6,18-19H,1,3-4H2,(H2,12,13,15,16). The van der Waals surface area contributed by atoms with Gasteiger partial charge in [0, 0.05) is 0 Å². The quantitative estimate of drug-likeness (QED) is 0.608. The highest BCUT2D eigenvalue weighted by molar-refractivity contribution is 5.95. The first-order chi connectivity index (χ1) is 9.58. The van der Waals surface area contributed by atoms with E-state index in [9.17, 15) is 9.90 Å². The second-order valence-electron chi connectivity index (χ2n) is 4.46. The molecule has 9 heteroatoms. The molecule has 2 aromatic rings. The topological polar surface area (TPSA) is 138 Å². The minimum Gasteiger partial charge on any atom is -0.391 e. The lowest BCUT2D eigenvalue weighted by molar-refractivity contribution is -0.117. The predicted molar refractivity (Wildman–Crippen MR) is 68.4 cm³/mol. The molecule has 3 rings (SSSR count). The van der Waals surface area contributed by atoms with Crippen LogP contribution in [0.1, 0.15) is 12.1 Å². The van der Waals surface area contributed by atoms with Crippen molar-refractivity contribution < 1.29 is 15.0 Å². The molecule has 3 heterocycles. The monoisotopic (exact) mass is 276 g/mol. The summed E-state index contributed by atoms with van der Waals surface area (Å²) in [7, 11) is 0. The van der Waals surface area contributed by atoms with E-state index in [2.05, 4.69) is 19.9 Å². The van der Waals surface area contributed by atoms with Crippen molar-refractivity contribution in [2.75, 3.05) is 17.2 Å². The minimum absolute atomic E-state index is 0.0381. The van der Waals surface area contributed by atoms with Crippen LogP contribution < -0.4 is 10.6 Å². The molecule has 1 atom stereocenters. The largest absolute Gasteiger partial charge is 0.391 e.